The first-order chi connectivity index (χ1) is 10.2. The molecule has 0 bridgehead atoms. The van der Waals surface area contributed by atoms with Crippen LogP contribution in [0.4, 0.5) is 17.3 Å². The Morgan fingerprint density at radius 3 is 2.62 bits per heavy atom. The SMILES string of the molecule is NNc1nc(Nc2cccc3ncccc23)c(Cl)cc1Cl. The summed E-state index contributed by atoms with van der Waals surface area (Å²) in [5, 5.41) is 4.90. The fourth-order valence-corrected chi connectivity index (χ4v) is 2.46. The van der Waals surface area contributed by atoms with Gasteiger partial charge in [0.2, 0.25) is 0 Å². The van der Waals surface area contributed by atoms with E-state index in [0.29, 0.717) is 21.7 Å². The minimum Gasteiger partial charge on any atom is -0.338 e. The molecule has 0 aliphatic heterocycles. The van der Waals surface area contributed by atoms with Gasteiger partial charge in [-0.25, -0.2) is 10.8 Å². The summed E-state index contributed by atoms with van der Waals surface area (Å²) in [5.41, 5.74) is 4.16. The number of rotatable bonds is 3. The van der Waals surface area contributed by atoms with Crippen LogP contribution < -0.4 is 16.6 Å². The highest BCUT2D eigenvalue weighted by atomic mass is 35.5. The average molecular weight is 320 g/mol. The minimum absolute atomic E-state index is 0.349. The number of nitrogens with one attached hydrogen (secondary N) is 2. The Kier molecular flexibility index (Phi) is 3.79. The molecule has 3 rings (SSSR count). The highest BCUT2D eigenvalue weighted by Gasteiger charge is 2.10. The van der Waals surface area contributed by atoms with E-state index in [-0.39, 0.29) is 0 Å². The highest BCUT2D eigenvalue weighted by molar-refractivity contribution is 6.37. The molecule has 0 aliphatic rings. The van der Waals surface area contributed by atoms with Crippen LogP contribution in [0.5, 0.6) is 0 Å². The first-order valence-corrected chi connectivity index (χ1v) is 6.88. The number of hydrazine groups is 1. The van der Waals surface area contributed by atoms with E-state index in [4.69, 9.17) is 29.0 Å². The Morgan fingerprint density at radius 1 is 1.00 bits per heavy atom. The topological polar surface area (TPSA) is 75.9 Å². The van der Waals surface area contributed by atoms with Crippen LogP contribution in [-0.4, -0.2) is 9.97 Å². The highest BCUT2D eigenvalue weighted by Crippen LogP contribution is 2.32. The van der Waals surface area contributed by atoms with Crippen LogP contribution in [0.2, 0.25) is 10.0 Å². The Morgan fingerprint density at radius 2 is 1.81 bits per heavy atom. The largest absolute Gasteiger partial charge is 0.338 e. The predicted molar refractivity (Wildman–Crippen MR) is 87.1 cm³/mol. The van der Waals surface area contributed by atoms with Crippen LogP contribution in [0, 0.1) is 0 Å². The average Bonchev–Trinajstić information content (AvgIpc) is 2.50. The normalized spacial score (nSPS) is 10.6. The molecule has 5 nitrogen and oxygen atoms in total. The number of nitrogens with zero attached hydrogens (tertiary/aromatic N) is 2. The summed E-state index contributed by atoms with van der Waals surface area (Å²) in [7, 11) is 0. The number of halogens is 2. The Labute approximate surface area is 131 Å². The van der Waals surface area contributed by atoms with Gasteiger partial charge in [0.05, 0.1) is 15.6 Å². The number of benzene rings is 1. The molecule has 0 saturated carbocycles. The van der Waals surface area contributed by atoms with Gasteiger partial charge in [0.1, 0.15) is 0 Å². The van der Waals surface area contributed by atoms with E-state index < -0.39 is 0 Å². The van der Waals surface area contributed by atoms with Crippen molar-refractivity contribution in [2.45, 2.75) is 0 Å². The van der Waals surface area contributed by atoms with E-state index in [2.05, 4.69) is 20.7 Å². The zero-order valence-electron chi connectivity index (χ0n) is 10.8. The van der Waals surface area contributed by atoms with Crippen molar-refractivity contribution in [3.05, 3.63) is 52.6 Å². The van der Waals surface area contributed by atoms with Gasteiger partial charge < -0.3 is 10.7 Å². The van der Waals surface area contributed by atoms with Crippen LogP contribution >= 0.6 is 23.2 Å². The number of pyridine rings is 2. The van der Waals surface area contributed by atoms with Crippen LogP contribution in [0.15, 0.2) is 42.6 Å². The molecular weight excluding hydrogens is 309 g/mol. The van der Waals surface area contributed by atoms with Gasteiger partial charge in [-0.2, -0.15) is 0 Å². The molecule has 3 aromatic rings. The van der Waals surface area contributed by atoms with Crippen molar-refractivity contribution in [1.29, 1.82) is 0 Å². The maximum Gasteiger partial charge on any atom is 0.161 e. The molecule has 0 fully saturated rings. The lowest BCUT2D eigenvalue weighted by atomic mass is 10.2. The maximum atomic E-state index is 6.17. The van der Waals surface area contributed by atoms with Crippen LogP contribution in [0.25, 0.3) is 10.9 Å². The molecule has 0 aliphatic carbocycles. The van der Waals surface area contributed by atoms with Crippen molar-refractivity contribution in [3.8, 4) is 0 Å². The van der Waals surface area contributed by atoms with Crippen LogP contribution in [0.1, 0.15) is 0 Å². The zero-order chi connectivity index (χ0) is 14.8. The number of nitrogen functional groups attached to an aromatic ring is 1. The summed E-state index contributed by atoms with van der Waals surface area (Å²) in [6.07, 6.45) is 1.75. The van der Waals surface area contributed by atoms with Crippen molar-refractivity contribution in [3.63, 3.8) is 0 Å². The van der Waals surface area contributed by atoms with Crippen molar-refractivity contribution < 1.29 is 0 Å². The lowest BCUT2D eigenvalue weighted by Crippen LogP contribution is -2.10. The monoisotopic (exact) mass is 319 g/mol. The first-order valence-electron chi connectivity index (χ1n) is 6.12. The number of hydrogen-bond donors (Lipinski definition) is 3. The number of fused-ring (bicyclic) bond motifs is 1. The molecule has 106 valence electrons. The number of anilines is 3. The fourth-order valence-electron chi connectivity index (χ4n) is 2.00. The Bertz CT molecular complexity index is 801. The lowest BCUT2D eigenvalue weighted by Gasteiger charge is -2.12. The molecule has 21 heavy (non-hydrogen) atoms. The van der Waals surface area contributed by atoms with E-state index in [1.54, 1.807) is 12.3 Å². The van der Waals surface area contributed by atoms with E-state index in [1.165, 1.54) is 0 Å². The van der Waals surface area contributed by atoms with Gasteiger partial charge in [-0.3, -0.25) is 4.98 Å². The van der Waals surface area contributed by atoms with Gasteiger partial charge in [-0.1, -0.05) is 29.3 Å². The van der Waals surface area contributed by atoms with Gasteiger partial charge in [0, 0.05) is 17.3 Å². The third-order valence-corrected chi connectivity index (χ3v) is 3.54. The van der Waals surface area contributed by atoms with E-state index in [9.17, 15) is 0 Å². The van der Waals surface area contributed by atoms with Crippen LogP contribution in [-0.2, 0) is 0 Å². The van der Waals surface area contributed by atoms with Gasteiger partial charge in [0.25, 0.3) is 0 Å². The Balaban J connectivity index is 2.07. The first kappa shape index (κ1) is 13.9. The molecule has 0 amide bonds. The third kappa shape index (κ3) is 2.71. The lowest BCUT2D eigenvalue weighted by molar-refractivity contribution is 1.23. The second-order valence-electron chi connectivity index (χ2n) is 4.29. The molecule has 0 radical (unpaired) electrons. The predicted octanol–water partition coefficient (Wildman–Crippen LogP) is 3.97. The van der Waals surface area contributed by atoms with Gasteiger partial charge in [0.15, 0.2) is 11.6 Å². The third-order valence-electron chi connectivity index (χ3n) is 2.96. The van der Waals surface area contributed by atoms with E-state index in [1.807, 2.05) is 30.3 Å². The van der Waals surface area contributed by atoms with Crippen molar-refractivity contribution >= 4 is 51.4 Å². The molecule has 4 N–H and O–H groups in total. The maximum absolute atomic E-state index is 6.17. The van der Waals surface area contributed by atoms with Gasteiger partial charge >= 0.3 is 0 Å². The second kappa shape index (κ2) is 5.73. The van der Waals surface area contributed by atoms with E-state index >= 15 is 0 Å². The van der Waals surface area contributed by atoms with E-state index in [0.717, 1.165) is 16.6 Å². The minimum atomic E-state index is 0.349. The smallest absolute Gasteiger partial charge is 0.161 e. The molecule has 7 heteroatoms. The molecule has 2 heterocycles. The Hall–Kier alpha value is -2.08. The van der Waals surface area contributed by atoms with Crippen LogP contribution in [0.3, 0.4) is 0 Å². The molecule has 0 atom stereocenters. The molecule has 1 aromatic carbocycles. The second-order valence-corrected chi connectivity index (χ2v) is 5.11. The van der Waals surface area contributed by atoms with Crippen molar-refractivity contribution in [2.75, 3.05) is 10.7 Å². The summed E-state index contributed by atoms with van der Waals surface area (Å²) in [6.45, 7) is 0. The number of nitrogens with two attached hydrogens (primary N) is 1. The van der Waals surface area contributed by atoms with Gasteiger partial charge in [-0.05, 0) is 30.3 Å². The number of aromatic nitrogens is 2. The molecule has 0 saturated heterocycles. The fraction of sp³-hybridized carbons (Fsp3) is 0. The summed E-state index contributed by atoms with van der Waals surface area (Å²) < 4.78 is 0. The quantitative estimate of drug-likeness (QED) is 0.503. The summed E-state index contributed by atoms with van der Waals surface area (Å²) in [5.74, 6) is 6.19. The summed E-state index contributed by atoms with van der Waals surface area (Å²) >= 11 is 12.1. The molecule has 0 unspecified atom stereocenters. The molecular formula is C14H11Cl2N5. The summed E-state index contributed by atoms with van der Waals surface area (Å²) in [6, 6.07) is 11.2. The van der Waals surface area contributed by atoms with Crippen molar-refractivity contribution in [1.82, 2.24) is 9.97 Å². The number of hydrogen-bond acceptors (Lipinski definition) is 5. The summed E-state index contributed by atoms with van der Waals surface area (Å²) in [4.78, 5) is 8.57. The standard InChI is InChI=1S/C14H11Cl2N5/c15-9-7-10(16)14(21-17)20-13(9)19-12-5-1-4-11-8(12)3-2-6-18-11/h1-7H,17H2,(H2,19,20,21). The van der Waals surface area contributed by atoms with Gasteiger partial charge in [-0.15, -0.1) is 0 Å². The molecule has 2 aromatic heterocycles. The molecule has 0 spiro atoms. The zero-order valence-corrected chi connectivity index (χ0v) is 12.3. The van der Waals surface area contributed by atoms with Crippen molar-refractivity contribution in [2.24, 2.45) is 5.84 Å².